The molecule has 0 N–H and O–H groups in total. The fourth-order valence-corrected chi connectivity index (χ4v) is 3.74. The van der Waals surface area contributed by atoms with Crippen molar-refractivity contribution < 1.29 is 19.0 Å². The first-order valence-electron chi connectivity index (χ1n) is 9.93. The van der Waals surface area contributed by atoms with Gasteiger partial charge in [-0.25, -0.2) is 0 Å². The van der Waals surface area contributed by atoms with Gasteiger partial charge in [0.25, 0.3) is 0 Å². The van der Waals surface area contributed by atoms with E-state index < -0.39 is 0 Å². The first-order valence-corrected chi connectivity index (χ1v) is 10.3. The molecule has 0 spiro atoms. The average molecular weight is 448 g/mol. The van der Waals surface area contributed by atoms with Crippen molar-refractivity contribution >= 4 is 17.4 Å². The third kappa shape index (κ3) is 4.07. The summed E-state index contributed by atoms with van der Waals surface area (Å²) in [6, 6.07) is 20.6. The molecule has 6 heteroatoms. The number of benzene rings is 3. The Hall–Kier alpha value is -3.70. The highest BCUT2D eigenvalue weighted by molar-refractivity contribution is 6.30. The number of nitrogens with zero attached hydrogens (tertiary/aromatic N) is 1. The number of ether oxygens (including phenoxy) is 3. The molecule has 0 aliphatic heterocycles. The van der Waals surface area contributed by atoms with Gasteiger partial charge in [0.1, 0.15) is 0 Å². The van der Waals surface area contributed by atoms with Gasteiger partial charge in [0, 0.05) is 39.8 Å². The number of aromatic nitrogens is 1. The van der Waals surface area contributed by atoms with Crippen molar-refractivity contribution in [3.63, 3.8) is 0 Å². The summed E-state index contributed by atoms with van der Waals surface area (Å²) < 4.78 is 18.2. The molecule has 0 bridgehead atoms. The van der Waals surface area contributed by atoms with Crippen LogP contribution in [0.1, 0.15) is 15.9 Å². The maximum Gasteiger partial charge on any atom is 0.203 e. The summed E-state index contributed by atoms with van der Waals surface area (Å²) in [5.41, 5.74) is 3.65. The van der Waals surface area contributed by atoms with Gasteiger partial charge in [0.05, 0.1) is 21.3 Å². The van der Waals surface area contributed by atoms with Crippen molar-refractivity contribution in [3.8, 4) is 34.1 Å². The van der Waals surface area contributed by atoms with Crippen LogP contribution in [0.4, 0.5) is 0 Å². The average Bonchev–Trinajstić information content (AvgIpc) is 3.29. The Kier molecular flexibility index (Phi) is 6.19. The Labute approximate surface area is 191 Å². The lowest BCUT2D eigenvalue weighted by Gasteiger charge is -2.14. The van der Waals surface area contributed by atoms with Crippen LogP contribution in [0.3, 0.4) is 0 Å². The van der Waals surface area contributed by atoms with E-state index in [4.69, 9.17) is 25.8 Å². The van der Waals surface area contributed by atoms with Crippen LogP contribution in [0, 0.1) is 0 Å². The van der Waals surface area contributed by atoms with Crippen molar-refractivity contribution in [1.29, 1.82) is 0 Å². The lowest BCUT2D eigenvalue weighted by molar-refractivity contribution is 0.103. The zero-order chi connectivity index (χ0) is 22.7. The Morgan fingerprint density at radius 3 is 2.00 bits per heavy atom. The molecule has 0 aliphatic rings. The Morgan fingerprint density at radius 1 is 0.812 bits per heavy atom. The number of carbonyl (C=O) groups excluding carboxylic acids is 1. The summed E-state index contributed by atoms with van der Waals surface area (Å²) in [5.74, 6) is 1.13. The maximum absolute atomic E-state index is 13.7. The molecule has 0 atom stereocenters. The van der Waals surface area contributed by atoms with Crippen LogP contribution >= 0.6 is 11.6 Å². The SMILES string of the molecule is COc1cc(C(=O)c2cn(-c3ccc(Cl)cc3)cc2-c2ccccc2)cc(OC)c1OC. The quantitative estimate of drug-likeness (QED) is 0.323. The summed E-state index contributed by atoms with van der Waals surface area (Å²) in [6.07, 6.45) is 3.78. The van der Waals surface area contributed by atoms with Crippen LogP contribution in [-0.4, -0.2) is 31.7 Å². The number of halogens is 1. The lowest BCUT2D eigenvalue weighted by atomic mass is 9.97. The molecule has 4 rings (SSSR count). The van der Waals surface area contributed by atoms with Crippen molar-refractivity contribution in [2.45, 2.75) is 0 Å². The number of hydrogen-bond acceptors (Lipinski definition) is 4. The second kappa shape index (κ2) is 9.20. The van der Waals surface area contributed by atoms with E-state index >= 15 is 0 Å². The van der Waals surface area contributed by atoms with Crippen molar-refractivity contribution in [2.24, 2.45) is 0 Å². The molecule has 1 aromatic heterocycles. The minimum absolute atomic E-state index is 0.157. The fourth-order valence-electron chi connectivity index (χ4n) is 3.61. The van der Waals surface area contributed by atoms with Gasteiger partial charge in [-0.15, -0.1) is 0 Å². The first-order chi connectivity index (χ1) is 15.5. The Bertz CT molecular complexity index is 1220. The van der Waals surface area contributed by atoms with Crippen molar-refractivity contribution in [3.05, 3.63) is 95.3 Å². The predicted molar refractivity (Wildman–Crippen MR) is 126 cm³/mol. The molecule has 0 saturated heterocycles. The van der Waals surface area contributed by atoms with Crippen LogP contribution in [0.25, 0.3) is 16.8 Å². The standard InChI is InChI=1S/C26H22ClNO4/c1-30-23-13-18(14-24(31-2)26(23)32-3)25(29)22-16-28(20-11-9-19(27)10-12-20)15-21(22)17-7-5-4-6-8-17/h4-16H,1-3H3. The van der Waals surface area contributed by atoms with Crippen molar-refractivity contribution in [1.82, 2.24) is 4.57 Å². The topological polar surface area (TPSA) is 49.7 Å². The van der Waals surface area contributed by atoms with Gasteiger partial charge in [-0.3, -0.25) is 4.79 Å². The molecule has 0 fully saturated rings. The molecule has 162 valence electrons. The van der Waals surface area contributed by atoms with Gasteiger partial charge in [-0.1, -0.05) is 41.9 Å². The Morgan fingerprint density at radius 2 is 1.44 bits per heavy atom. The smallest absolute Gasteiger partial charge is 0.203 e. The molecule has 4 aromatic rings. The highest BCUT2D eigenvalue weighted by atomic mass is 35.5. The highest BCUT2D eigenvalue weighted by Gasteiger charge is 2.22. The normalized spacial score (nSPS) is 10.6. The van der Waals surface area contributed by atoms with Gasteiger partial charge in [-0.05, 0) is 42.0 Å². The second-order valence-corrected chi connectivity index (χ2v) is 7.51. The summed E-state index contributed by atoms with van der Waals surface area (Å²) in [5, 5.41) is 0.651. The maximum atomic E-state index is 13.7. The van der Waals surface area contributed by atoms with E-state index in [1.807, 2.05) is 71.6 Å². The van der Waals surface area contributed by atoms with Gasteiger partial charge < -0.3 is 18.8 Å². The minimum atomic E-state index is -0.157. The fraction of sp³-hybridized carbons (Fsp3) is 0.115. The number of rotatable bonds is 7. The predicted octanol–water partition coefficient (Wildman–Crippen LogP) is 6.05. The van der Waals surface area contributed by atoms with E-state index in [1.54, 1.807) is 12.1 Å². The number of methoxy groups -OCH3 is 3. The van der Waals surface area contributed by atoms with Crippen LogP contribution in [-0.2, 0) is 0 Å². The third-order valence-electron chi connectivity index (χ3n) is 5.21. The van der Waals surface area contributed by atoms with E-state index in [1.165, 1.54) is 21.3 Å². The van der Waals surface area contributed by atoms with Crippen LogP contribution in [0.5, 0.6) is 17.2 Å². The molecular formula is C26H22ClNO4. The molecule has 5 nitrogen and oxygen atoms in total. The molecule has 0 saturated carbocycles. The summed E-state index contributed by atoms with van der Waals surface area (Å²) in [7, 11) is 4.58. The molecule has 32 heavy (non-hydrogen) atoms. The molecule has 0 aliphatic carbocycles. The van der Waals surface area contributed by atoms with Crippen LogP contribution < -0.4 is 14.2 Å². The van der Waals surface area contributed by atoms with E-state index in [9.17, 15) is 4.79 Å². The molecule has 3 aromatic carbocycles. The second-order valence-electron chi connectivity index (χ2n) is 7.08. The first kappa shape index (κ1) is 21.5. The summed E-state index contributed by atoms with van der Waals surface area (Å²) in [6.45, 7) is 0. The van der Waals surface area contributed by atoms with Crippen molar-refractivity contribution in [2.75, 3.05) is 21.3 Å². The molecule has 1 heterocycles. The lowest BCUT2D eigenvalue weighted by Crippen LogP contribution is -2.04. The van der Waals surface area contributed by atoms with E-state index in [2.05, 4.69) is 0 Å². The van der Waals surface area contributed by atoms with E-state index in [0.717, 1.165) is 16.8 Å². The van der Waals surface area contributed by atoms with Gasteiger partial charge in [-0.2, -0.15) is 0 Å². The molecule has 0 unspecified atom stereocenters. The largest absolute Gasteiger partial charge is 0.493 e. The van der Waals surface area contributed by atoms with Gasteiger partial charge >= 0.3 is 0 Å². The third-order valence-corrected chi connectivity index (χ3v) is 5.46. The summed E-state index contributed by atoms with van der Waals surface area (Å²) >= 11 is 6.05. The molecule has 0 radical (unpaired) electrons. The van der Waals surface area contributed by atoms with E-state index in [-0.39, 0.29) is 5.78 Å². The zero-order valence-electron chi connectivity index (χ0n) is 18.0. The van der Waals surface area contributed by atoms with Gasteiger partial charge in [0.15, 0.2) is 17.3 Å². The number of ketones is 1. The van der Waals surface area contributed by atoms with Crippen LogP contribution in [0.2, 0.25) is 5.02 Å². The zero-order valence-corrected chi connectivity index (χ0v) is 18.7. The molecular weight excluding hydrogens is 426 g/mol. The number of hydrogen-bond donors (Lipinski definition) is 0. The summed E-state index contributed by atoms with van der Waals surface area (Å²) in [4.78, 5) is 13.7. The highest BCUT2D eigenvalue weighted by Crippen LogP contribution is 2.39. The Balaban J connectivity index is 1.87. The van der Waals surface area contributed by atoms with Crippen LogP contribution in [0.15, 0.2) is 79.1 Å². The molecule has 0 amide bonds. The minimum Gasteiger partial charge on any atom is -0.493 e. The van der Waals surface area contributed by atoms with E-state index in [0.29, 0.717) is 33.4 Å². The van der Waals surface area contributed by atoms with Gasteiger partial charge in [0.2, 0.25) is 5.75 Å². The monoisotopic (exact) mass is 447 g/mol. The number of carbonyl (C=O) groups is 1.